The van der Waals surface area contributed by atoms with Gasteiger partial charge in [0.2, 0.25) is 0 Å². The first-order valence-electron chi connectivity index (χ1n) is 8.25. The van der Waals surface area contributed by atoms with Crippen molar-refractivity contribution < 1.29 is 0 Å². The number of hydrogen-bond acceptors (Lipinski definition) is 4. The van der Waals surface area contributed by atoms with E-state index >= 15 is 0 Å². The van der Waals surface area contributed by atoms with Crippen LogP contribution in [0.4, 0.5) is 0 Å². The minimum atomic E-state index is -0.210. The van der Waals surface area contributed by atoms with Crippen molar-refractivity contribution in [2.45, 2.75) is 6.92 Å². The molecule has 0 aliphatic carbocycles. The molecular formula is C21H16N4O. The second-order valence-corrected chi connectivity index (χ2v) is 5.97. The Morgan fingerprint density at radius 3 is 2.73 bits per heavy atom. The Labute approximate surface area is 150 Å². The van der Waals surface area contributed by atoms with Gasteiger partial charge in [0.05, 0.1) is 17.1 Å². The molecular weight excluding hydrogens is 324 g/mol. The average molecular weight is 340 g/mol. The van der Waals surface area contributed by atoms with Crippen LogP contribution in [-0.2, 0) is 0 Å². The van der Waals surface area contributed by atoms with E-state index in [0.29, 0.717) is 16.7 Å². The van der Waals surface area contributed by atoms with Gasteiger partial charge in [-0.2, -0.15) is 9.78 Å². The van der Waals surface area contributed by atoms with E-state index in [4.69, 9.17) is 0 Å². The van der Waals surface area contributed by atoms with Crippen molar-refractivity contribution in [1.82, 2.24) is 14.6 Å². The summed E-state index contributed by atoms with van der Waals surface area (Å²) in [6.07, 6.45) is 5.03. The van der Waals surface area contributed by atoms with Crippen molar-refractivity contribution in [3.63, 3.8) is 0 Å². The molecule has 0 amide bonds. The fraction of sp³-hybridized carbons (Fsp3) is 0.0476. The normalized spacial score (nSPS) is 11.3. The molecule has 26 heavy (non-hydrogen) atoms. The van der Waals surface area contributed by atoms with Gasteiger partial charge in [-0.05, 0) is 36.8 Å². The van der Waals surface area contributed by atoms with Crippen LogP contribution in [0.2, 0.25) is 0 Å². The van der Waals surface area contributed by atoms with Gasteiger partial charge in [-0.25, -0.2) is 4.98 Å². The highest BCUT2D eigenvalue weighted by Gasteiger charge is 2.12. The summed E-state index contributed by atoms with van der Waals surface area (Å²) in [6, 6.07) is 18.9. The van der Waals surface area contributed by atoms with Crippen LogP contribution >= 0.6 is 0 Å². The number of aryl methyl sites for hydroxylation is 1. The van der Waals surface area contributed by atoms with E-state index in [0.717, 1.165) is 16.7 Å². The smallest absolute Gasteiger partial charge is 0.267 e. The fourth-order valence-electron chi connectivity index (χ4n) is 2.79. The quantitative estimate of drug-likeness (QED) is 0.535. The maximum Gasteiger partial charge on any atom is 0.282 e. The Balaban J connectivity index is 1.94. The van der Waals surface area contributed by atoms with Gasteiger partial charge in [0.15, 0.2) is 5.82 Å². The maximum atomic E-state index is 13.0. The van der Waals surface area contributed by atoms with Crippen molar-refractivity contribution in [3.05, 3.63) is 94.5 Å². The maximum absolute atomic E-state index is 13.0. The molecule has 0 spiro atoms. The Morgan fingerprint density at radius 2 is 1.92 bits per heavy atom. The van der Waals surface area contributed by atoms with Crippen LogP contribution in [0.1, 0.15) is 11.1 Å². The zero-order valence-electron chi connectivity index (χ0n) is 14.2. The molecule has 0 saturated heterocycles. The van der Waals surface area contributed by atoms with Crippen molar-refractivity contribution in [2.75, 3.05) is 0 Å². The molecule has 4 rings (SSSR count). The van der Waals surface area contributed by atoms with E-state index in [1.54, 1.807) is 24.7 Å². The van der Waals surface area contributed by atoms with Gasteiger partial charge in [0.25, 0.3) is 5.56 Å². The van der Waals surface area contributed by atoms with Crippen LogP contribution in [-0.4, -0.2) is 20.9 Å². The molecule has 0 aliphatic rings. The lowest BCUT2D eigenvalue weighted by molar-refractivity contribution is 0.829. The second kappa shape index (κ2) is 6.72. The van der Waals surface area contributed by atoms with Crippen molar-refractivity contribution in [1.29, 1.82) is 0 Å². The minimum Gasteiger partial charge on any atom is -0.267 e. The van der Waals surface area contributed by atoms with E-state index in [2.05, 4.69) is 15.1 Å². The fourth-order valence-corrected chi connectivity index (χ4v) is 2.79. The van der Waals surface area contributed by atoms with Gasteiger partial charge in [-0.1, -0.05) is 42.0 Å². The number of aromatic nitrogens is 3. The molecule has 126 valence electrons. The number of benzene rings is 2. The highest BCUT2D eigenvalue weighted by atomic mass is 16.1. The number of para-hydroxylation sites is 1. The number of pyridine rings is 1. The first-order valence-corrected chi connectivity index (χ1v) is 8.25. The Kier molecular flexibility index (Phi) is 4.11. The standard InChI is InChI=1S/C21H16N4O/c1-15-6-4-7-16(12-15)13-23-25-20(17-8-5-11-22-14-17)24-19-10-3-2-9-18(19)21(25)26/h2-14H,1H3. The van der Waals surface area contributed by atoms with Crippen LogP contribution in [0.25, 0.3) is 22.3 Å². The molecule has 0 atom stereocenters. The summed E-state index contributed by atoms with van der Waals surface area (Å²) < 4.78 is 1.34. The second-order valence-electron chi connectivity index (χ2n) is 5.97. The lowest BCUT2D eigenvalue weighted by Crippen LogP contribution is -2.20. The predicted octanol–water partition coefficient (Wildman–Crippen LogP) is 3.65. The lowest BCUT2D eigenvalue weighted by atomic mass is 10.2. The number of fused-ring (bicyclic) bond motifs is 1. The van der Waals surface area contributed by atoms with Crippen LogP contribution < -0.4 is 5.56 Å². The first-order chi connectivity index (χ1) is 12.7. The summed E-state index contributed by atoms with van der Waals surface area (Å²) in [5, 5.41) is 4.96. The van der Waals surface area contributed by atoms with Crippen LogP contribution in [0.5, 0.6) is 0 Å². The van der Waals surface area contributed by atoms with Crippen LogP contribution in [0.15, 0.2) is 83.0 Å². The van der Waals surface area contributed by atoms with Crippen molar-refractivity contribution >= 4 is 17.1 Å². The predicted molar refractivity (Wildman–Crippen MR) is 103 cm³/mol. The third-order valence-electron chi connectivity index (χ3n) is 4.04. The average Bonchev–Trinajstić information content (AvgIpc) is 2.68. The first kappa shape index (κ1) is 15.9. The molecule has 2 aromatic heterocycles. The zero-order valence-corrected chi connectivity index (χ0v) is 14.2. The van der Waals surface area contributed by atoms with Crippen molar-refractivity contribution in [2.24, 2.45) is 5.10 Å². The Hall–Kier alpha value is -3.60. The summed E-state index contributed by atoms with van der Waals surface area (Å²) in [5.74, 6) is 0.464. The molecule has 0 saturated carbocycles. The van der Waals surface area contributed by atoms with E-state index in [1.807, 2.05) is 61.5 Å². The molecule has 2 aromatic carbocycles. The number of hydrogen-bond donors (Lipinski definition) is 0. The van der Waals surface area contributed by atoms with E-state index in [-0.39, 0.29) is 5.56 Å². The Morgan fingerprint density at radius 1 is 1.04 bits per heavy atom. The monoisotopic (exact) mass is 340 g/mol. The molecule has 4 aromatic rings. The van der Waals surface area contributed by atoms with E-state index < -0.39 is 0 Å². The number of nitrogens with zero attached hydrogens (tertiary/aromatic N) is 4. The summed E-state index contributed by atoms with van der Waals surface area (Å²) in [5.41, 5.74) is 3.21. The minimum absolute atomic E-state index is 0.210. The molecule has 0 unspecified atom stereocenters. The van der Waals surface area contributed by atoms with Crippen LogP contribution in [0, 0.1) is 6.92 Å². The largest absolute Gasteiger partial charge is 0.282 e. The highest BCUT2D eigenvalue weighted by molar-refractivity contribution is 5.82. The summed E-state index contributed by atoms with van der Waals surface area (Å²) in [4.78, 5) is 21.8. The molecule has 0 fully saturated rings. The zero-order chi connectivity index (χ0) is 17.9. The topological polar surface area (TPSA) is 60.1 Å². The molecule has 0 radical (unpaired) electrons. The summed E-state index contributed by atoms with van der Waals surface area (Å²) in [6.45, 7) is 2.02. The van der Waals surface area contributed by atoms with Gasteiger partial charge in [0.1, 0.15) is 0 Å². The van der Waals surface area contributed by atoms with E-state index in [9.17, 15) is 4.79 Å². The van der Waals surface area contributed by atoms with Gasteiger partial charge in [-0.15, -0.1) is 0 Å². The summed E-state index contributed by atoms with van der Waals surface area (Å²) in [7, 11) is 0. The Bertz CT molecular complexity index is 1160. The molecule has 5 heteroatoms. The van der Waals surface area contributed by atoms with Gasteiger partial charge < -0.3 is 0 Å². The van der Waals surface area contributed by atoms with Crippen LogP contribution in [0.3, 0.4) is 0 Å². The SMILES string of the molecule is Cc1cccc(C=Nn2c(-c3cccnc3)nc3ccccc3c2=O)c1. The lowest BCUT2D eigenvalue weighted by Gasteiger charge is -2.09. The summed E-state index contributed by atoms with van der Waals surface area (Å²) >= 11 is 0. The molecule has 2 heterocycles. The highest BCUT2D eigenvalue weighted by Crippen LogP contribution is 2.17. The third-order valence-corrected chi connectivity index (χ3v) is 4.04. The molecule has 0 bridgehead atoms. The van der Waals surface area contributed by atoms with E-state index in [1.165, 1.54) is 4.68 Å². The third kappa shape index (κ3) is 3.02. The van der Waals surface area contributed by atoms with Gasteiger partial charge in [-0.3, -0.25) is 9.78 Å². The number of rotatable bonds is 3. The molecule has 0 aliphatic heterocycles. The van der Waals surface area contributed by atoms with Gasteiger partial charge >= 0.3 is 0 Å². The van der Waals surface area contributed by atoms with Gasteiger partial charge in [0, 0.05) is 18.0 Å². The molecule has 0 N–H and O–H groups in total. The van der Waals surface area contributed by atoms with Crippen molar-refractivity contribution in [3.8, 4) is 11.4 Å². The molecule has 5 nitrogen and oxygen atoms in total.